The highest BCUT2D eigenvalue weighted by molar-refractivity contribution is 5.91. The number of fused-ring (bicyclic) bond motifs is 1. The standard InChI is InChI=1S/C15H20O4/c1-8-4-5-11(16)9(2)7-13-14(12(17)6-8)10(3)15(18)19-13/h6,11-14,16-17H,2-5,7H2,1H3/b8-6+/t11-,12-,13-,14+/m0/s1. The van der Waals surface area contributed by atoms with Gasteiger partial charge in [0.2, 0.25) is 0 Å². The van der Waals surface area contributed by atoms with E-state index in [1.807, 2.05) is 6.92 Å². The van der Waals surface area contributed by atoms with Gasteiger partial charge in [-0.2, -0.15) is 0 Å². The molecule has 0 saturated carbocycles. The van der Waals surface area contributed by atoms with Gasteiger partial charge in [-0.05, 0) is 25.3 Å². The highest BCUT2D eigenvalue weighted by Gasteiger charge is 2.42. The molecule has 104 valence electrons. The lowest BCUT2D eigenvalue weighted by atomic mass is 9.84. The Balaban J connectivity index is 2.33. The summed E-state index contributed by atoms with van der Waals surface area (Å²) in [7, 11) is 0. The van der Waals surface area contributed by atoms with E-state index in [0.29, 0.717) is 30.4 Å². The lowest BCUT2D eigenvalue weighted by Gasteiger charge is -2.25. The minimum absolute atomic E-state index is 0.296. The van der Waals surface area contributed by atoms with Crippen LogP contribution in [0.4, 0.5) is 0 Å². The summed E-state index contributed by atoms with van der Waals surface area (Å²) >= 11 is 0. The molecule has 1 aliphatic carbocycles. The number of aliphatic hydroxyl groups excluding tert-OH is 2. The van der Waals surface area contributed by atoms with E-state index in [0.717, 1.165) is 5.57 Å². The van der Waals surface area contributed by atoms with E-state index in [4.69, 9.17) is 4.74 Å². The molecule has 1 fully saturated rings. The molecule has 4 heteroatoms. The summed E-state index contributed by atoms with van der Waals surface area (Å²) in [5.74, 6) is -0.925. The molecule has 0 aromatic rings. The van der Waals surface area contributed by atoms with Gasteiger partial charge in [0, 0.05) is 12.0 Å². The van der Waals surface area contributed by atoms with Crippen LogP contribution in [0.2, 0.25) is 0 Å². The molecule has 1 heterocycles. The van der Waals surface area contributed by atoms with Crippen LogP contribution in [0.3, 0.4) is 0 Å². The van der Waals surface area contributed by atoms with Crippen LogP contribution in [0.25, 0.3) is 0 Å². The predicted molar refractivity (Wildman–Crippen MR) is 71.3 cm³/mol. The Hall–Kier alpha value is -1.39. The largest absolute Gasteiger partial charge is 0.458 e. The number of esters is 1. The zero-order valence-electron chi connectivity index (χ0n) is 11.1. The van der Waals surface area contributed by atoms with Gasteiger partial charge >= 0.3 is 5.97 Å². The van der Waals surface area contributed by atoms with Crippen molar-refractivity contribution in [2.45, 2.75) is 44.5 Å². The Morgan fingerprint density at radius 2 is 2.05 bits per heavy atom. The first-order valence-corrected chi connectivity index (χ1v) is 6.51. The van der Waals surface area contributed by atoms with Crippen molar-refractivity contribution < 1.29 is 19.7 Å². The monoisotopic (exact) mass is 264 g/mol. The maximum Gasteiger partial charge on any atom is 0.334 e. The van der Waals surface area contributed by atoms with Gasteiger partial charge < -0.3 is 14.9 Å². The molecule has 0 bridgehead atoms. The van der Waals surface area contributed by atoms with E-state index < -0.39 is 30.2 Å². The molecular weight excluding hydrogens is 244 g/mol. The second kappa shape index (κ2) is 5.31. The zero-order chi connectivity index (χ0) is 14.2. The fraction of sp³-hybridized carbons (Fsp3) is 0.533. The third-order valence-corrected chi connectivity index (χ3v) is 3.89. The molecule has 4 atom stereocenters. The zero-order valence-corrected chi connectivity index (χ0v) is 11.1. The average Bonchev–Trinajstić information content (AvgIpc) is 2.60. The van der Waals surface area contributed by atoms with E-state index in [2.05, 4.69) is 13.2 Å². The van der Waals surface area contributed by atoms with Crippen molar-refractivity contribution in [3.63, 3.8) is 0 Å². The number of carbonyl (C=O) groups excluding carboxylic acids is 1. The number of allylic oxidation sites excluding steroid dienone is 1. The highest BCUT2D eigenvalue weighted by atomic mass is 16.6. The Kier molecular flexibility index (Phi) is 3.92. The first-order chi connectivity index (χ1) is 8.90. The molecule has 0 aromatic carbocycles. The first-order valence-electron chi connectivity index (χ1n) is 6.51. The van der Waals surface area contributed by atoms with E-state index in [-0.39, 0.29) is 0 Å². The van der Waals surface area contributed by atoms with Crippen LogP contribution >= 0.6 is 0 Å². The summed E-state index contributed by atoms with van der Waals surface area (Å²) in [6.07, 6.45) is 1.47. The van der Waals surface area contributed by atoms with Crippen LogP contribution < -0.4 is 0 Å². The van der Waals surface area contributed by atoms with Gasteiger partial charge in [0.05, 0.1) is 18.1 Å². The number of ether oxygens (including phenoxy) is 1. The Bertz CT molecular complexity index is 449. The van der Waals surface area contributed by atoms with Crippen molar-refractivity contribution in [2.75, 3.05) is 0 Å². The molecule has 1 saturated heterocycles. The minimum Gasteiger partial charge on any atom is -0.458 e. The fourth-order valence-electron chi connectivity index (χ4n) is 2.68. The van der Waals surface area contributed by atoms with Crippen molar-refractivity contribution in [1.82, 2.24) is 0 Å². The van der Waals surface area contributed by atoms with Crippen molar-refractivity contribution in [2.24, 2.45) is 5.92 Å². The summed E-state index contributed by atoms with van der Waals surface area (Å²) in [4.78, 5) is 11.6. The molecule has 4 nitrogen and oxygen atoms in total. The van der Waals surface area contributed by atoms with Crippen molar-refractivity contribution in [3.05, 3.63) is 36.0 Å². The lowest BCUT2D eigenvalue weighted by molar-refractivity contribution is -0.139. The molecule has 0 spiro atoms. The maximum atomic E-state index is 11.6. The SMILES string of the molecule is C=C1C(=O)O[C@H]2CC(=C)[C@@H](O)CC/C(C)=C/[C@H](O)[C@@H]12. The smallest absolute Gasteiger partial charge is 0.334 e. The van der Waals surface area contributed by atoms with Gasteiger partial charge in [0.25, 0.3) is 0 Å². The predicted octanol–water partition coefficient (Wildman–Crippen LogP) is 1.49. The molecule has 2 rings (SSSR count). The molecular formula is C15H20O4. The number of hydrogen-bond donors (Lipinski definition) is 2. The second-order valence-corrected chi connectivity index (χ2v) is 5.42. The van der Waals surface area contributed by atoms with Crippen LogP contribution in [-0.4, -0.2) is 34.5 Å². The fourth-order valence-corrected chi connectivity index (χ4v) is 2.68. The lowest BCUT2D eigenvalue weighted by Crippen LogP contribution is -2.30. The van der Waals surface area contributed by atoms with E-state index in [1.54, 1.807) is 6.08 Å². The molecule has 0 amide bonds. The van der Waals surface area contributed by atoms with Crippen LogP contribution in [-0.2, 0) is 9.53 Å². The quantitative estimate of drug-likeness (QED) is 0.395. The number of rotatable bonds is 0. The normalized spacial score (nSPS) is 39.3. The van der Waals surface area contributed by atoms with Gasteiger partial charge in [-0.15, -0.1) is 0 Å². The topological polar surface area (TPSA) is 66.8 Å². The van der Waals surface area contributed by atoms with Gasteiger partial charge in [0.1, 0.15) is 6.10 Å². The Morgan fingerprint density at radius 1 is 1.37 bits per heavy atom. The molecule has 1 aliphatic heterocycles. The molecule has 0 radical (unpaired) electrons. The van der Waals surface area contributed by atoms with E-state index in [1.165, 1.54) is 0 Å². The number of hydrogen-bond acceptors (Lipinski definition) is 4. The maximum absolute atomic E-state index is 11.6. The molecule has 2 N–H and O–H groups in total. The van der Waals surface area contributed by atoms with Gasteiger partial charge in [-0.1, -0.05) is 24.8 Å². The molecule has 2 aliphatic rings. The van der Waals surface area contributed by atoms with Crippen LogP contribution in [0.15, 0.2) is 36.0 Å². The first kappa shape index (κ1) is 14.0. The van der Waals surface area contributed by atoms with Crippen LogP contribution in [0, 0.1) is 5.92 Å². The summed E-state index contributed by atoms with van der Waals surface area (Å²) in [5.41, 5.74) is 1.91. The third-order valence-electron chi connectivity index (χ3n) is 3.89. The van der Waals surface area contributed by atoms with E-state index in [9.17, 15) is 15.0 Å². The Labute approximate surface area is 113 Å². The third kappa shape index (κ3) is 2.80. The average molecular weight is 264 g/mol. The Morgan fingerprint density at radius 3 is 2.74 bits per heavy atom. The van der Waals surface area contributed by atoms with Crippen molar-refractivity contribution >= 4 is 5.97 Å². The molecule has 19 heavy (non-hydrogen) atoms. The summed E-state index contributed by atoms with van der Waals surface area (Å²) in [6.45, 7) is 9.47. The van der Waals surface area contributed by atoms with Crippen molar-refractivity contribution in [3.8, 4) is 0 Å². The summed E-state index contributed by atoms with van der Waals surface area (Å²) in [5, 5.41) is 20.2. The van der Waals surface area contributed by atoms with Gasteiger partial charge in [-0.25, -0.2) is 4.79 Å². The van der Waals surface area contributed by atoms with Crippen LogP contribution in [0.5, 0.6) is 0 Å². The van der Waals surface area contributed by atoms with Crippen molar-refractivity contribution in [1.29, 1.82) is 0 Å². The van der Waals surface area contributed by atoms with Gasteiger partial charge in [0.15, 0.2) is 0 Å². The molecule has 0 unspecified atom stereocenters. The minimum atomic E-state index is -0.785. The van der Waals surface area contributed by atoms with E-state index >= 15 is 0 Å². The van der Waals surface area contributed by atoms with Crippen LogP contribution in [0.1, 0.15) is 26.2 Å². The highest BCUT2D eigenvalue weighted by Crippen LogP contribution is 2.35. The summed E-state index contributed by atoms with van der Waals surface area (Å²) in [6, 6.07) is 0. The number of carbonyl (C=O) groups is 1. The second-order valence-electron chi connectivity index (χ2n) is 5.42. The summed E-state index contributed by atoms with van der Waals surface area (Å²) < 4.78 is 5.23. The molecule has 0 aromatic heterocycles. The number of aliphatic hydroxyl groups is 2. The van der Waals surface area contributed by atoms with Gasteiger partial charge in [-0.3, -0.25) is 0 Å².